The number of ether oxygens (including phenoxy) is 5. The molecule has 9 N–H and O–H groups in total. The molecule has 2 aliphatic heterocycles. The fourth-order valence-corrected chi connectivity index (χ4v) is 11.8. The van der Waals surface area contributed by atoms with Crippen molar-refractivity contribution in [3.05, 3.63) is 64.5 Å². The van der Waals surface area contributed by atoms with Gasteiger partial charge in [0.1, 0.15) is 54.9 Å². The maximum absolute atomic E-state index is 14.8. The number of nitrogens with two attached hydrogens (primary N) is 1. The lowest BCUT2D eigenvalue weighted by Crippen LogP contribution is -2.60. The number of hydrogen-bond donors (Lipinski definition) is 8. The maximum Gasteiger partial charge on any atom is 0.410 e. The topological polar surface area (TPSA) is 310 Å². The van der Waals surface area contributed by atoms with E-state index in [1.165, 1.54) is 42.4 Å². The predicted molar refractivity (Wildman–Crippen MR) is 293 cm³/mol. The zero-order valence-corrected chi connectivity index (χ0v) is 48.1. The Hall–Kier alpha value is -5.50. The number of fused-ring (bicyclic) bond motifs is 1. The van der Waals surface area contributed by atoms with E-state index in [9.17, 15) is 54.3 Å². The van der Waals surface area contributed by atoms with Gasteiger partial charge in [0.2, 0.25) is 29.9 Å². The third kappa shape index (κ3) is 15.5. The molecule has 440 valence electrons. The van der Waals surface area contributed by atoms with Crippen molar-refractivity contribution in [3.8, 4) is 5.75 Å². The van der Waals surface area contributed by atoms with Crippen molar-refractivity contribution in [1.29, 1.82) is 0 Å². The van der Waals surface area contributed by atoms with E-state index < -0.39 is 127 Å². The summed E-state index contributed by atoms with van der Waals surface area (Å²) in [5.41, 5.74) is 7.31. The summed E-state index contributed by atoms with van der Waals surface area (Å²) in [5.74, 6) is -4.66. The maximum atomic E-state index is 14.8. The number of carbonyl (C=O) groups is 6. The van der Waals surface area contributed by atoms with Crippen LogP contribution in [0.15, 0.2) is 48.5 Å². The molecule has 5 rings (SSSR count). The summed E-state index contributed by atoms with van der Waals surface area (Å²) in [4.78, 5) is 88.5. The van der Waals surface area contributed by atoms with E-state index in [0.717, 1.165) is 10.4 Å². The minimum atomic E-state index is -1.65. The summed E-state index contributed by atoms with van der Waals surface area (Å²) >= 11 is 1.32. The van der Waals surface area contributed by atoms with Gasteiger partial charge in [0.15, 0.2) is 0 Å². The van der Waals surface area contributed by atoms with Crippen molar-refractivity contribution in [3.63, 3.8) is 0 Å². The van der Waals surface area contributed by atoms with Crippen LogP contribution in [-0.2, 0) is 62.5 Å². The zero-order valence-electron chi connectivity index (χ0n) is 47.3. The van der Waals surface area contributed by atoms with E-state index >= 15 is 0 Å². The first-order valence-corrected chi connectivity index (χ1v) is 27.9. The number of benzene rings is 2. The number of carboxylic acid groups (broad SMARTS) is 1. The van der Waals surface area contributed by atoms with Crippen LogP contribution in [0.25, 0.3) is 10.1 Å². The second kappa shape index (κ2) is 29.3. The third-order valence-corrected chi connectivity index (χ3v) is 16.6. The molecule has 1 aromatic heterocycles. The molecule has 22 nitrogen and oxygen atoms in total. The number of thiophene rings is 1. The van der Waals surface area contributed by atoms with Crippen molar-refractivity contribution in [2.45, 2.75) is 167 Å². The van der Waals surface area contributed by atoms with Gasteiger partial charge in [-0.2, -0.15) is 0 Å². The van der Waals surface area contributed by atoms with Gasteiger partial charge in [0.25, 0.3) is 0 Å². The standard InChI is InChI=1S/C56H84N6O16S/c1-12-31(6)45(40(74-10)25-42(64)62-22-16-19-38(62)49(75-11)32(7)51(68)58-37(54(71)72)23-33-17-14-13-15-18-33)60(8)53(70)43(29(2)3)59-52(69)44(30(4)5)61(9)56(73)76-28-34-20-21-39(36-24-35(26-57)79-50(34)36)77-55-48(67)47(66)46(65)41(27-63)78-55/h13-15,17-18,20-21,24,29-32,37-38,40-41,43-49,55,63,65-67H,12,16,19,22-23,25-28,57H2,1-11H3,(H,58,68)(H,59,69)(H,71,72)/t31?,32-,37?,38+,40-,41-,43+,44+,45+,46+,47+,48-,49-,55-/m1/s1. The highest BCUT2D eigenvalue weighted by Crippen LogP contribution is 2.38. The Kier molecular flexibility index (Phi) is 23.8. The van der Waals surface area contributed by atoms with Gasteiger partial charge in [0, 0.05) is 68.4 Å². The van der Waals surface area contributed by atoms with E-state index in [-0.39, 0.29) is 43.6 Å². The zero-order chi connectivity index (χ0) is 58.6. The molecule has 0 saturated carbocycles. The van der Waals surface area contributed by atoms with Crippen molar-refractivity contribution in [2.24, 2.45) is 29.4 Å². The molecule has 0 radical (unpaired) electrons. The van der Waals surface area contributed by atoms with Gasteiger partial charge in [-0.25, -0.2) is 9.59 Å². The van der Waals surface area contributed by atoms with Crippen molar-refractivity contribution >= 4 is 57.1 Å². The molecule has 5 amide bonds. The number of hydrogen-bond acceptors (Lipinski definition) is 17. The molecule has 3 aromatic rings. The first-order chi connectivity index (χ1) is 37.4. The van der Waals surface area contributed by atoms with Crippen LogP contribution in [0.5, 0.6) is 5.75 Å². The highest BCUT2D eigenvalue weighted by Gasteiger charge is 2.46. The van der Waals surface area contributed by atoms with Crippen molar-refractivity contribution in [2.75, 3.05) is 41.5 Å². The van der Waals surface area contributed by atoms with Gasteiger partial charge in [-0.15, -0.1) is 11.3 Å². The summed E-state index contributed by atoms with van der Waals surface area (Å²) < 4.78 is 30.0. The normalized spacial score (nSPS) is 22.5. The van der Waals surface area contributed by atoms with Crippen LogP contribution >= 0.6 is 11.3 Å². The number of likely N-dealkylation sites (N-methyl/N-ethyl adjacent to an activating group) is 2. The van der Waals surface area contributed by atoms with E-state index in [4.69, 9.17) is 29.4 Å². The Morgan fingerprint density at radius 1 is 0.886 bits per heavy atom. The van der Waals surface area contributed by atoms with Crippen LogP contribution in [0, 0.1) is 23.7 Å². The molecule has 14 atom stereocenters. The minimum absolute atomic E-state index is 0.0845. The second-order valence-electron chi connectivity index (χ2n) is 21.5. The summed E-state index contributed by atoms with van der Waals surface area (Å²) in [6.45, 7) is 12.4. The van der Waals surface area contributed by atoms with Gasteiger partial charge in [0.05, 0.1) is 43.2 Å². The Bertz CT molecular complexity index is 2520. The van der Waals surface area contributed by atoms with Gasteiger partial charge >= 0.3 is 12.1 Å². The SMILES string of the molecule is CCC(C)[C@@H]([C@@H](CC(=O)N1CCC[C@H]1[C@H](OC)[C@@H](C)C(=O)NC(Cc1ccccc1)C(=O)O)OC)N(C)C(=O)[C@@H](NC(=O)[C@H](C(C)C)N(C)C(=O)OCc1ccc(O[C@@H]2O[C@H](CO)[C@H](O)[C@H](O)[C@H]2O)c2cc(CN)sc12)C(C)C. The molecule has 2 fully saturated rings. The molecule has 0 bridgehead atoms. The fourth-order valence-electron chi connectivity index (χ4n) is 10.7. The van der Waals surface area contributed by atoms with Crippen LogP contribution in [0.1, 0.15) is 90.2 Å². The van der Waals surface area contributed by atoms with Gasteiger partial charge in [-0.05, 0) is 48.3 Å². The number of likely N-dealkylation sites (tertiary alicyclic amines) is 1. The quantitative estimate of drug-likeness (QED) is 0.0544. The molecule has 79 heavy (non-hydrogen) atoms. The number of rotatable bonds is 27. The molecule has 0 spiro atoms. The largest absolute Gasteiger partial charge is 0.480 e. The lowest BCUT2D eigenvalue weighted by atomic mass is 9.89. The number of carbonyl (C=O) groups excluding carboxylic acids is 5. The average Bonchev–Trinajstić information content (AvgIpc) is 4.15. The number of nitrogens with zero attached hydrogens (tertiary/aromatic N) is 3. The lowest BCUT2D eigenvalue weighted by Gasteiger charge is -2.41. The molecule has 3 heterocycles. The van der Waals surface area contributed by atoms with Crippen LogP contribution in [0.2, 0.25) is 0 Å². The molecule has 2 aromatic carbocycles. The number of aliphatic hydroxyl groups excluding tert-OH is 4. The summed E-state index contributed by atoms with van der Waals surface area (Å²) in [6.07, 6.45) is -8.15. The summed E-state index contributed by atoms with van der Waals surface area (Å²) in [6, 6.07) is 9.47. The average molecular weight is 1130 g/mol. The molecular weight excluding hydrogens is 1040 g/mol. The Balaban J connectivity index is 1.26. The smallest absolute Gasteiger partial charge is 0.410 e. The van der Waals surface area contributed by atoms with Crippen molar-refractivity contribution in [1.82, 2.24) is 25.3 Å². The first kappa shape index (κ1) is 64.3. The molecule has 2 unspecified atom stereocenters. The molecule has 2 saturated heterocycles. The van der Waals surface area contributed by atoms with Crippen LogP contribution in [0.4, 0.5) is 4.79 Å². The number of aliphatic carboxylic acids is 1. The molecule has 23 heteroatoms. The van der Waals surface area contributed by atoms with Gasteiger partial charge < -0.3 is 75.4 Å². The Morgan fingerprint density at radius 3 is 2.15 bits per heavy atom. The van der Waals surface area contributed by atoms with E-state index in [1.54, 1.807) is 89.0 Å². The van der Waals surface area contributed by atoms with E-state index in [1.807, 2.05) is 19.9 Å². The number of methoxy groups -OCH3 is 2. The minimum Gasteiger partial charge on any atom is -0.480 e. The monoisotopic (exact) mass is 1130 g/mol. The van der Waals surface area contributed by atoms with E-state index in [2.05, 4.69) is 10.6 Å². The molecular formula is C56H84N6O16S. The fraction of sp³-hybridized carbons (Fsp3) is 0.643. The predicted octanol–water partition coefficient (Wildman–Crippen LogP) is 3.00. The van der Waals surface area contributed by atoms with Crippen LogP contribution < -0.4 is 21.1 Å². The summed E-state index contributed by atoms with van der Waals surface area (Å²) in [7, 11) is 6.00. The Labute approximate surface area is 466 Å². The van der Waals surface area contributed by atoms with Gasteiger partial charge in [-0.3, -0.25) is 24.1 Å². The molecule has 2 aliphatic rings. The van der Waals surface area contributed by atoms with Crippen LogP contribution in [0.3, 0.4) is 0 Å². The lowest BCUT2D eigenvalue weighted by molar-refractivity contribution is -0.277. The third-order valence-electron chi connectivity index (χ3n) is 15.4. The number of nitrogens with one attached hydrogen (secondary N) is 2. The number of aliphatic hydroxyl groups is 4. The van der Waals surface area contributed by atoms with Gasteiger partial charge in [-0.1, -0.05) is 91.3 Å². The Morgan fingerprint density at radius 2 is 1.57 bits per heavy atom. The second-order valence-corrected chi connectivity index (χ2v) is 22.6. The highest BCUT2D eigenvalue weighted by molar-refractivity contribution is 7.19. The van der Waals surface area contributed by atoms with Crippen molar-refractivity contribution < 1.29 is 78.0 Å². The number of carboxylic acids is 1. The van der Waals surface area contributed by atoms with Crippen LogP contribution in [-0.4, -0.2) is 191 Å². The van der Waals surface area contributed by atoms with E-state index in [0.29, 0.717) is 41.5 Å². The number of amides is 5. The molecule has 0 aliphatic carbocycles. The highest BCUT2D eigenvalue weighted by atomic mass is 32.1. The summed E-state index contributed by atoms with van der Waals surface area (Å²) in [5, 5.41) is 57.0. The first-order valence-electron chi connectivity index (χ1n) is 27.0.